The summed E-state index contributed by atoms with van der Waals surface area (Å²) in [5.41, 5.74) is 9.05. The zero-order valence-corrected chi connectivity index (χ0v) is 27.2. The van der Waals surface area contributed by atoms with Crippen molar-refractivity contribution in [1.82, 2.24) is 4.40 Å². The van der Waals surface area contributed by atoms with Crippen LogP contribution in [0, 0.1) is 0 Å². The van der Waals surface area contributed by atoms with Crippen LogP contribution in [0.4, 0.5) is 0 Å². The summed E-state index contributed by atoms with van der Waals surface area (Å²) in [7, 11) is 0. The van der Waals surface area contributed by atoms with Gasteiger partial charge in [-0.2, -0.15) is 0 Å². The van der Waals surface area contributed by atoms with Gasteiger partial charge in [-0.3, -0.25) is 0 Å². The van der Waals surface area contributed by atoms with E-state index in [1.165, 1.54) is 114 Å². The van der Waals surface area contributed by atoms with Crippen LogP contribution in [0.5, 0.6) is 0 Å². The maximum atomic E-state index is 2.54. The maximum Gasteiger partial charge on any atom is 0.0619 e. The summed E-state index contributed by atoms with van der Waals surface area (Å²) < 4.78 is 2.54. The highest BCUT2D eigenvalue weighted by atomic mass is 14.9. The second-order valence-corrected chi connectivity index (χ2v) is 14.0. The van der Waals surface area contributed by atoms with E-state index < -0.39 is 0 Å². The van der Waals surface area contributed by atoms with Gasteiger partial charge >= 0.3 is 0 Å². The first-order valence-electron chi connectivity index (χ1n) is 17.6. The second-order valence-electron chi connectivity index (χ2n) is 14.0. The van der Waals surface area contributed by atoms with Crippen LogP contribution in [0.1, 0.15) is 11.1 Å². The van der Waals surface area contributed by atoms with Crippen LogP contribution in [0.25, 0.3) is 103 Å². The minimum absolute atomic E-state index is 0.980. The standard InChI is InChI=1S/C49H29N/c1-2-14-35-33(12-1)34-13-3-4-15-36(34)43-27-29(22-24-37(35)43)30-23-25-46-44(28-30)42-20-9-19-41-40-18-8-11-32-26-31-10-7-17-39(47(31)48(32)40)38-16-5-6-21-45(38)50(46)49(41)42/h1-25,27-28H,26H2. The first-order chi connectivity index (χ1) is 24.8. The van der Waals surface area contributed by atoms with Gasteiger partial charge in [0.1, 0.15) is 0 Å². The molecule has 50 heavy (non-hydrogen) atoms. The summed E-state index contributed by atoms with van der Waals surface area (Å²) in [5.74, 6) is 0. The lowest BCUT2D eigenvalue weighted by molar-refractivity contribution is 1.27. The van der Waals surface area contributed by atoms with Crippen molar-refractivity contribution < 1.29 is 0 Å². The van der Waals surface area contributed by atoms with Crippen molar-refractivity contribution >= 4 is 92.0 Å². The van der Waals surface area contributed by atoms with Gasteiger partial charge in [-0.05, 0) is 107 Å². The van der Waals surface area contributed by atoms with Crippen LogP contribution in [-0.4, -0.2) is 4.40 Å². The van der Waals surface area contributed by atoms with E-state index in [9.17, 15) is 0 Å². The van der Waals surface area contributed by atoms with Crippen molar-refractivity contribution in [3.63, 3.8) is 0 Å². The number of para-hydroxylation sites is 2. The van der Waals surface area contributed by atoms with Crippen LogP contribution in [0.15, 0.2) is 164 Å². The molecule has 11 aromatic rings. The van der Waals surface area contributed by atoms with Crippen molar-refractivity contribution in [2.75, 3.05) is 0 Å². The monoisotopic (exact) mass is 631 g/mol. The van der Waals surface area contributed by atoms with Gasteiger partial charge in [-0.15, -0.1) is 0 Å². The molecule has 2 heterocycles. The molecule has 230 valence electrons. The minimum Gasteiger partial charge on any atom is -0.308 e. The Morgan fingerprint density at radius 3 is 1.42 bits per heavy atom. The molecule has 1 aliphatic carbocycles. The van der Waals surface area contributed by atoms with E-state index in [-0.39, 0.29) is 0 Å². The molecule has 12 rings (SSSR count). The van der Waals surface area contributed by atoms with Gasteiger partial charge in [0.15, 0.2) is 0 Å². The zero-order valence-electron chi connectivity index (χ0n) is 27.2. The molecule has 0 fully saturated rings. The van der Waals surface area contributed by atoms with Crippen LogP contribution in [0.2, 0.25) is 0 Å². The zero-order chi connectivity index (χ0) is 32.5. The molecule has 0 atom stereocenters. The lowest BCUT2D eigenvalue weighted by Gasteiger charge is -2.12. The first-order valence-corrected chi connectivity index (χ1v) is 17.6. The molecule has 0 aliphatic heterocycles. The molecule has 0 saturated carbocycles. The average Bonchev–Trinajstić information content (AvgIpc) is 3.74. The van der Waals surface area contributed by atoms with Gasteiger partial charge in [-0.25, -0.2) is 0 Å². The van der Waals surface area contributed by atoms with Crippen LogP contribution in [-0.2, 0) is 6.42 Å². The molecule has 1 aliphatic rings. The van der Waals surface area contributed by atoms with Crippen molar-refractivity contribution in [3.05, 3.63) is 175 Å². The summed E-state index contributed by atoms with van der Waals surface area (Å²) in [4.78, 5) is 0. The normalized spacial score (nSPS) is 12.7. The molecule has 9 aromatic carbocycles. The molecule has 0 bridgehead atoms. The van der Waals surface area contributed by atoms with Gasteiger partial charge in [0.05, 0.1) is 16.6 Å². The van der Waals surface area contributed by atoms with Gasteiger partial charge < -0.3 is 4.40 Å². The Morgan fingerprint density at radius 1 is 0.300 bits per heavy atom. The molecule has 0 saturated heterocycles. The third-order valence-electron chi connectivity index (χ3n) is 11.5. The Kier molecular flexibility index (Phi) is 5.08. The summed E-state index contributed by atoms with van der Waals surface area (Å²) in [6.07, 6.45) is 0.980. The molecular formula is C49H29N. The molecule has 0 unspecified atom stereocenters. The predicted molar refractivity (Wildman–Crippen MR) is 215 cm³/mol. The smallest absolute Gasteiger partial charge is 0.0619 e. The highest BCUT2D eigenvalue weighted by Gasteiger charge is 2.21. The third kappa shape index (κ3) is 3.36. The Bertz CT molecular complexity index is 3310. The quantitative estimate of drug-likeness (QED) is 0.159. The molecule has 0 radical (unpaired) electrons. The number of hydrogen-bond donors (Lipinski definition) is 0. The van der Waals surface area contributed by atoms with E-state index in [1.54, 1.807) is 0 Å². The fraction of sp³-hybridized carbons (Fsp3) is 0.0204. The Balaban J connectivity index is 1.23. The summed E-state index contributed by atoms with van der Waals surface area (Å²) in [5, 5.41) is 18.4. The minimum atomic E-state index is 0.980. The van der Waals surface area contributed by atoms with Crippen molar-refractivity contribution in [2.24, 2.45) is 0 Å². The van der Waals surface area contributed by atoms with Gasteiger partial charge in [0, 0.05) is 21.5 Å². The van der Waals surface area contributed by atoms with E-state index >= 15 is 0 Å². The number of benzene rings is 9. The van der Waals surface area contributed by atoms with Gasteiger partial charge in [0.25, 0.3) is 0 Å². The van der Waals surface area contributed by atoms with Crippen molar-refractivity contribution in [3.8, 4) is 11.1 Å². The molecule has 0 N–H and O–H groups in total. The Hall–Kier alpha value is -6.44. The fourth-order valence-electron chi connectivity index (χ4n) is 9.44. The van der Waals surface area contributed by atoms with E-state index in [0.717, 1.165) is 6.42 Å². The van der Waals surface area contributed by atoms with E-state index in [2.05, 4.69) is 168 Å². The molecule has 0 spiro atoms. The molecule has 1 heteroatoms. The highest BCUT2D eigenvalue weighted by molar-refractivity contribution is 6.28. The van der Waals surface area contributed by atoms with Crippen molar-refractivity contribution in [1.29, 1.82) is 0 Å². The largest absolute Gasteiger partial charge is 0.308 e. The molecule has 1 nitrogen and oxygen atoms in total. The van der Waals surface area contributed by atoms with Gasteiger partial charge in [-0.1, -0.05) is 140 Å². The SMILES string of the molecule is c1ccc2c(c1)c1ccccc1c1cc(-c3ccc4c(c3)c3cccc5c6cccc7c6c6c(cccc6c6ccccc6n4c53)C7)ccc21. The third-order valence-corrected chi connectivity index (χ3v) is 11.5. The Labute approximate surface area is 287 Å². The Morgan fingerprint density at radius 2 is 0.740 bits per heavy atom. The topological polar surface area (TPSA) is 4.41 Å². The summed E-state index contributed by atoms with van der Waals surface area (Å²) in [6.45, 7) is 0. The lowest BCUT2D eigenvalue weighted by atomic mass is 9.92. The first kappa shape index (κ1) is 26.5. The van der Waals surface area contributed by atoms with E-state index in [0.29, 0.717) is 0 Å². The van der Waals surface area contributed by atoms with Crippen LogP contribution in [0.3, 0.4) is 0 Å². The summed E-state index contributed by atoms with van der Waals surface area (Å²) in [6, 6.07) is 61.5. The molecule has 2 aromatic heterocycles. The number of nitrogens with zero attached hydrogens (tertiary/aromatic N) is 1. The van der Waals surface area contributed by atoms with Crippen LogP contribution < -0.4 is 0 Å². The second kappa shape index (κ2) is 9.59. The maximum absolute atomic E-state index is 2.54. The lowest BCUT2D eigenvalue weighted by Crippen LogP contribution is -1.88. The predicted octanol–water partition coefficient (Wildman–Crippen LogP) is 13.3. The van der Waals surface area contributed by atoms with Crippen molar-refractivity contribution in [2.45, 2.75) is 6.42 Å². The van der Waals surface area contributed by atoms with E-state index in [1.807, 2.05) is 0 Å². The summed E-state index contributed by atoms with van der Waals surface area (Å²) >= 11 is 0. The van der Waals surface area contributed by atoms with Crippen LogP contribution >= 0.6 is 0 Å². The number of rotatable bonds is 1. The van der Waals surface area contributed by atoms with Gasteiger partial charge in [0.2, 0.25) is 0 Å². The molecular weight excluding hydrogens is 603 g/mol. The number of hydrogen-bond acceptors (Lipinski definition) is 0. The highest BCUT2D eigenvalue weighted by Crippen LogP contribution is 2.44. The number of fused-ring (bicyclic) bond motifs is 13. The average molecular weight is 632 g/mol. The molecule has 0 amide bonds. The number of aromatic nitrogens is 1. The van der Waals surface area contributed by atoms with E-state index in [4.69, 9.17) is 0 Å². The fourth-order valence-corrected chi connectivity index (χ4v) is 9.44.